The van der Waals surface area contributed by atoms with Crippen LogP contribution in [0.15, 0.2) is 48.6 Å². The molecule has 2 aromatic carbocycles. The second-order valence-electron chi connectivity index (χ2n) is 11.2. The lowest BCUT2D eigenvalue weighted by molar-refractivity contribution is 0.108. The molecule has 0 radical (unpaired) electrons. The summed E-state index contributed by atoms with van der Waals surface area (Å²) in [5.74, 6) is 7.20. The predicted octanol–water partition coefficient (Wildman–Crippen LogP) is 6.51. The van der Waals surface area contributed by atoms with E-state index in [-0.39, 0.29) is 11.2 Å². The molecule has 1 spiro atoms. The topological polar surface area (TPSA) is 0 Å². The first-order valence-corrected chi connectivity index (χ1v) is 11.7. The average Bonchev–Trinajstić information content (AvgIpc) is 3.51. The van der Waals surface area contributed by atoms with Gasteiger partial charge in [0.1, 0.15) is 5.82 Å². The minimum Gasteiger partial charge on any atom is -0.207 e. The minimum atomic E-state index is -0.0631. The van der Waals surface area contributed by atoms with Crippen molar-refractivity contribution in [3.63, 3.8) is 0 Å². The smallest absolute Gasteiger partial charge is 0.123 e. The van der Waals surface area contributed by atoms with Crippen molar-refractivity contribution in [2.75, 3.05) is 0 Å². The number of hydrogen-bond acceptors (Lipinski definition) is 0. The molecule has 1 heteroatoms. The van der Waals surface area contributed by atoms with Gasteiger partial charge in [-0.15, -0.1) is 0 Å². The van der Waals surface area contributed by atoms with Crippen LogP contribution in [-0.4, -0.2) is 0 Å². The van der Waals surface area contributed by atoms with E-state index in [4.69, 9.17) is 0 Å². The Balaban J connectivity index is 1.29. The minimum absolute atomic E-state index is 0.0631. The predicted molar refractivity (Wildman–Crippen MR) is 113 cm³/mol. The fourth-order valence-electron chi connectivity index (χ4n) is 9.80. The lowest BCUT2D eigenvalue weighted by Crippen LogP contribution is -2.34. The van der Waals surface area contributed by atoms with Gasteiger partial charge in [0.25, 0.3) is 0 Å². The summed E-state index contributed by atoms with van der Waals surface area (Å²) in [6, 6.07) is 12.6. The lowest BCUT2D eigenvalue weighted by atomic mass is 9.66. The summed E-state index contributed by atoms with van der Waals surface area (Å²) in [6.07, 6.45) is 10.6. The molecule has 0 heterocycles. The maximum Gasteiger partial charge on any atom is 0.123 e. The van der Waals surface area contributed by atoms with Crippen molar-refractivity contribution in [1.29, 1.82) is 0 Å². The van der Waals surface area contributed by atoms with E-state index in [0.717, 1.165) is 47.3 Å². The first kappa shape index (κ1) is 15.9. The van der Waals surface area contributed by atoms with E-state index in [2.05, 4.69) is 43.3 Å². The highest BCUT2D eigenvalue weighted by Gasteiger charge is 2.68. The van der Waals surface area contributed by atoms with Gasteiger partial charge in [-0.1, -0.05) is 42.0 Å². The van der Waals surface area contributed by atoms with Gasteiger partial charge in [-0.25, -0.2) is 4.39 Å². The molecule has 0 aliphatic heterocycles. The Bertz CT molecular complexity index is 1020. The van der Waals surface area contributed by atoms with Crippen LogP contribution in [0.5, 0.6) is 0 Å². The number of hydrogen-bond donors (Lipinski definition) is 0. The number of benzene rings is 2. The summed E-state index contributed by atoms with van der Waals surface area (Å²) in [4.78, 5) is 0. The van der Waals surface area contributed by atoms with E-state index in [1.165, 1.54) is 53.5 Å². The third-order valence-electron chi connectivity index (χ3n) is 10.4. The van der Waals surface area contributed by atoms with E-state index in [1.807, 2.05) is 6.07 Å². The van der Waals surface area contributed by atoms with E-state index in [9.17, 15) is 4.39 Å². The molecule has 6 aliphatic rings. The molecule has 8 unspecified atom stereocenters. The molecule has 0 saturated heterocycles. The fourth-order valence-corrected chi connectivity index (χ4v) is 9.80. The maximum absolute atomic E-state index is 14.4. The molecule has 4 bridgehead atoms. The SMILES string of the molecule is Cc1ccc2c(c1)C1(CC3C(C1)C1CC3C3C4C=CC(C4)C13)c1cc(F)ccc1-2. The van der Waals surface area contributed by atoms with E-state index in [1.54, 1.807) is 6.07 Å². The normalized spacial score (nSPS) is 46.4. The molecule has 0 N–H and O–H groups in total. The zero-order valence-electron chi connectivity index (χ0n) is 16.9. The highest BCUT2D eigenvalue weighted by atomic mass is 19.1. The molecule has 146 valence electrons. The third-order valence-corrected chi connectivity index (χ3v) is 10.4. The molecule has 0 aromatic heterocycles. The van der Waals surface area contributed by atoms with Gasteiger partial charge < -0.3 is 0 Å². The summed E-state index contributed by atoms with van der Waals surface area (Å²) in [5.41, 5.74) is 6.90. The zero-order valence-corrected chi connectivity index (χ0v) is 16.9. The van der Waals surface area contributed by atoms with E-state index >= 15 is 0 Å². The van der Waals surface area contributed by atoms with Crippen LogP contribution in [0.3, 0.4) is 0 Å². The Hall–Kier alpha value is -1.89. The molecule has 0 amide bonds. The van der Waals surface area contributed by atoms with Crippen molar-refractivity contribution >= 4 is 0 Å². The Morgan fingerprint density at radius 2 is 1.38 bits per heavy atom. The van der Waals surface area contributed by atoms with Crippen molar-refractivity contribution < 1.29 is 4.39 Å². The molecular formula is C28H27F. The van der Waals surface area contributed by atoms with Crippen molar-refractivity contribution in [2.45, 2.75) is 38.0 Å². The molecular weight excluding hydrogens is 355 g/mol. The molecule has 8 rings (SSSR count). The van der Waals surface area contributed by atoms with Gasteiger partial charge in [0.15, 0.2) is 0 Å². The fraction of sp³-hybridized carbons (Fsp3) is 0.500. The Morgan fingerprint density at radius 1 is 0.759 bits per heavy atom. The van der Waals surface area contributed by atoms with Gasteiger partial charge in [0.2, 0.25) is 0 Å². The highest BCUT2D eigenvalue weighted by molar-refractivity contribution is 5.81. The van der Waals surface area contributed by atoms with Gasteiger partial charge in [-0.05, 0) is 114 Å². The van der Waals surface area contributed by atoms with Gasteiger partial charge in [-0.3, -0.25) is 0 Å². The molecule has 0 nitrogen and oxygen atoms in total. The number of halogens is 1. The van der Waals surface area contributed by atoms with Gasteiger partial charge >= 0.3 is 0 Å². The molecule has 6 aliphatic carbocycles. The van der Waals surface area contributed by atoms with E-state index < -0.39 is 0 Å². The van der Waals surface area contributed by atoms with Crippen LogP contribution in [0.25, 0.3) is 11.1 Å². The van der Waals surface area contributed by atoms with Gasteiger partial charge in [0, 0.05) is 5.41 Å². The Kier molecular flexibility index (Phi) is 2.67. The molecule has 2 aromatic rings. The van der Waals surface area contributed by atoms with Crippen molar-refractivity contribution in [3.05, 3.63) is 71.1 Å². The number of aryl methyl sites for hydroxylation is 1. The number of rotatable bonds is 0. The summed E-state index contributed by atoms with van der Waals surface area (Å²) in [5, 5.41) is 0. The summed E-state index contributed by atoms with van der Waals surface area (Å²) >= 11 is 0. The monoisotopic (exact) mass is 382 g/mol. The van der Waals surface area contributed by atoms with Gasteiger partial charge in [-0.2, -0.15) is 0 Å². The summed E-state index contributed by atoms with van der Waals surface area (Å²) in [6.45, 7) is 2.21. The van der Waals surface area contributed by atoms with Crippen LogP contribution in [0.2, 0.25) is 0 Å². The number of fused-ring (bicyclic) bond motifs is 17. The van der Waals surface area contributed by atoms with Crippen molar-refractivity contribution in [2.24, 2.45) is 47.3 Å². The number of allylic oxidation sites excluding steroid dienone is 2. The Morgan fingerprint density at radius 3 is 2.07 bits per heavy atom. The molecule has 8 atom stereocenters. The van der Waals surface area contributed by atoms with Crippen LogP contribution in [0, 0.1) is 60.1 Å². The zero-order chi connectivity index (χ0) is 19.1. The second kappa shape index (κ2) is 4.88. The largest absolute Gasteiger partial charge is 0.207 e. The van der Waals surface area contributed by atoms with Crippen LogP contribution in [-0.2, 0) is 5.41 Å². The maximum atomic E-state index is 14.4. The quantitative estimate of drug-likeness (QED) is 0.360. The molecule has 4 saturated carbocycles. The third kappa shape index (κ3) is 1.68. The lowest BCUT2D eigenvalue weighted by Gasteiger charge is -2.39. The van der Waals surface area contributed by atoms with Crippen molar-refractivity contribution in [1.82, 2.24) is 0 Å². The van der Waals surface area contributed by atoms with Crippen molar-refractivity contribution in [3.8, 4) is 11.1 Å². The molecule has 4 fully saturated rings. The van der Waals surface area contributed by atoms with Crippen LogP contribution >= 0.6 is 0 Å². The molecule has 29 heavy (non-hydrogen) atoms. The summed E-state index contributed by atoms with van der Waals surface area (Å²) in [7, 11) is 0. The van der Waals surface area contributed by atoms with Crippen LogP contribution < -0.4 is 0 Å². The van der Waals surface area contributed by atoms with Crippen LogP contribution in [0.1, 0.15) is 42.4 Å². The van der Waals surface area contributed by atoms with Gasteiger partial charge in [0.05, 0.1) is 0 Å². The highest BCUT2D eigenvalue weighted by Crippen LogP contribution is 2.75. The second-order valence-corrected chi connectivity index (χ2v) is 11.2. The standard InChI is InChI=1S/C28H27F/c1-14-2-6-18-19-7-5-17(29)10-25(19)28(24(18)8-14)12-22-20-11-21(23(22)13-28)27-16-4-3-15(9-16)26(20)27/h2-8,10,15-16,20-23,26-27H,9,11-13H2,1H3. The first-order valence-electron chi connectivity index (χ1n) is 11.7. The Labute approximate surface area is 172 Å². The first-order chi connectivity index (χ1) is 14.1. The van der Waals surface area contributed by atoms with Crippen LogP contribution in [0.4, 0.5) is 4.39 Å². The van der Waals surface area contributed by atoms with E-state index in [0.29, 0.717) is 0 Å². The average molecular weight is 383 g/mol. The summed E-state index contributed by atoms with van der Waals surface area (Å²) < 4.78 is 14.4.